The summed E-state index contributed by atoms with van der Waals surface area (Å²) in [5.74, 6) is 1.04. The molecule has 0 radical (unpaired) electrons. The molecule has 3 N–H and O–H groups in total. The van der Waals surface area contributed by atoms with Crippen LogP contribution in [0.15, 0.2) is 47.3 Å². The van der Waals surface area contributed by atoms with Crippen molar-refractivity contribution < 1.29 is 14.3 Å². The Kier molecular flexibility index (Phi) is 7.79. The Morgan fingerprint density at radius 3 is 2.40 bits per heavy atom. The lowest BCUT2D eigenvalue weighted by Crippen LogP contribution is -2.38. The van der Waals surface area contributed by atoms with Crippen LogP contribution in [0.4, 0.5) is 0 Å². The topological polar surface area (TPSA) is 111 Å². The highest BCUT2D eigenvalue weighted by Gasteiger charge is 2.22. The molecule has 1 heterocycles. The molecule has 1 aromatic heterocycles. The predicted molar refractivity (Wildman–Crippen MR) is 117 cm³/mol. The molecule has 1 amide bonds. The van der Waals surface area contributed by atoms with E-state index in [9.17, 15) is 9.59 Å². The third-order valence-electron chi connectivity index (χ3n) is 4.72. The number of rotatable bonds is 7. The maximum absolute atomic E-state index is 12.9. The second-order valence-electron chi connectivity index (χ2n) is 6.48. The van der Waals surface area contributed by atoms with Gasteiger partial charge in [-0.3, -0.25) is 9.59 Å². The maximum atomic E-state index is 12.9. The van der Waals surface area contributed by atoms with Crippen molar-refractivity contribution in [3.8, 4) is 11.5 Å². The molecule has 0 spiro atoms. The van der Waals surface area contributed by atoms with Crippen LogP contribution in [0.3, 0.4) is 0 Å². The van der Waals surface area contributed by atoms with Gasteiger partial charge in [-0.15, -0.1) is 12.4 Å². The summed E-state index contributed by atoms with van der Waals surface area (Å²) in [5.41, 5.74) is 7.01. The number of halogens is 1. The molecular formula is C21H25ClN4O4. The molecule has 0 fully saturated rings. The lowest BCUT2D eigenvalue weighted by atomic mass is 10.1. The highest BCUT2D eigenvalue weighted by molar-refractivity contribution is 5.85. The summed E-state index contributed by atoms with van der Waals surface area (Å²) in [6.07, 6.45) is 0. The second kappa shape index (κ2) is 10.1. The largest absolute Gasteiger partial charge is 0.493 e. The van der Waals surface area contributed by atoms with Crippen molar-refractivity contribution in [1.82, 2.24) is 14.9 Å². The van der Waals surface area contributed by atoms with Gasteiger partial charge in [0.25, 0.3) is 5.56 Å². The Morgan fingerprint density at radius 1 is 1.17 bits per heavy atom. The van der Waals surface area contributed by atoms with Crippen molar-refractivity contribution in [2.45, 2.75) is 19.5 Å². The second-order valence-corrected chi connectivity index (χ2v) is 6.48. The third kappa shape index (κ3) is 4.72. The summed E-state index contributed by atoms with van der Waals surface area (Å²) in [6.45, 7) is 2.41. The fourth-order valence-electron chi connectivity index (χ4n) is 3.12. The van der Waals surface area contributed by atoms with Crippen LogP contribution in [0, 0.1) is 0 Å². The summed E-state index contributed by atoms with van der Waals surface area (Å²) < 4.78 is 10.5. The first-order valence-electron chi connectivity index (χ1n) is 9.22. The summed E-state index contributed by atoms with van der Waals surface area (Å²) in [6, 6.07) is 11.6. The minimum absolute atomic E-state index is 0. The number of hydrogen-bond donors (Lipinski definition) is 2. The van der Waals surface area contributed by atoms with Crippen molar-refractivity contribution >= 4 is 29.2 Å². The maximum Gasteiger partial charge on any atom is 0.258 e. The molecule has 0 bridgehead atoms. The number of carbonyl (C=O) groups is 1. The number of likely N-dealkylation sites (N-methyl/N-ethyl adjacent to an activating group) is 1. The molecule has 3 aromatic rings. The molecule has 8 nitrogen and oxygen atoms in total. The van der Waals surface area contributed by atoms with Crippen molar-refractivity contribution in [2.24, 2.45) is 5.73 Å². The zero-order valence-corrected chi connectivity index (χ0v) is 17.9. The smallest absolute Gasteiger partial charge is 0.258 e. The molecular weight excluding hydrogens is 408 g/mol. The number of aromatic amines is 1. The van der Waals surface area contributed by atoms with E-state index >= 15 is 0 Å². The zero-order valence-electron chi connectivity index (χ0n) is 17.0. The molecule has 0 saturated heterocycles. The Balaban J connectivity index is 0.00000320. The fraction of sp³-hybridized carbons (Fsp3) is 0.286. The van der Waals surface area contributed by atoms with E-state index in [4.69, 9.17) is 15.2 Å². The van der Waals surface area contributed by atoms with E-state index in [0.29, 0.717) is 34.8 Å². The Labute approximate surface area is 180 Å². The summed E-state index contributed by atoms with van der Waals surface area (Å²) >= 11 is 0. The number of benzene rings is 2. The number of fused-ring (bicyclic) bond motifs is 1. The fourth-order valence-corrected chi connectivity index (χ4v) is 3.12. The third-order valence-corrected chi connectivity index (χ3v) is 4.72. The number of H-pyrrole nitrogens is 1. The van der Waals surface area contributed by atoms with Crippen LogP contribution >= 0.6 is 12.4 Å². The van der Waals surface area contributed by atoms with E-state index in [-0.39, 0.29) is 30.4 Å². The number of nitrogens with two attached hydrogens (primary N) is 1. The average Bonchev–Trinajstić information content (AvgIpc) is 2.76. The number of nitrogens with zero attached hydrogens (tertiary/aromatic N) is 2. The number of carbonyl (C=O) groups excluding carboxylic acids is 1. The van der Waals surface area contributed by atoms with Crippen LogP contribution < -0.4 is 20.8 Å². The van der Waals surface area contributed by atoms with Gasteiger partial charge in [0.05, 0.1) is 31.7 Å². The van der Waals surface area contributed by atoms with E-state index in [1.165, 1.54) is 14.2 Å². The molecule has 0 aliphatic rings. The van der Waals surface area contributed by atoms with Crippen LogP contribution in [-0.2, 0) is 11.3 Å². The number of methoxy groups -OCH3 is 2. The van der Waals surface area contributed by atoms with Crippen molar-refractivity contribution in [3.63, 3.8) is 0 Å². The van der Waals surface area contributed by atoms with E-state index in [2.05, 4.69) is 9.97 Å². The summed E-state index contributed by atoms with van der Waals surface area (Å²) in [5, 5.41) is 0.377. The van der Waals surface area contributed by atoms with Crippen LogP contribution in [0.2, 0.25) is 0 Å². The molecule has 1 unspecified atom stereocenters. The van der Waals surface area contributed by atoms with Gasteiger partial charge in [-0.1, -0.05) is 30.3 Å². The minimum atomic E-state index is -0.785. The lowest BCUT2D eigenvalue weighted by Gasteiger charge is -2.24. The summed E-state index contributed by atoms with van der Waals surface area (Å²) in [7, 11) is 3.01. The van der Waals surface area contributed by atoms with Gasteiger partial charge in [-0.25, -0.2) is 4.98 Å². The van der Waals surface area contributed by atoms with Gasteiger partial charge in [-0.2, -0.15) is 0 Å². The molecule has 30 heavy (non-hydrogen) atoms. The molecule has 0 aliphatic heterocycles. The lowest BCUT2D eigenvalue weighted by molar-refractivity contribution is -0.133. The van der Waals surface area contributed by atoms with Gasteiger partial charge in [0, 0.05) is 12.6 Å². The highest BCUT2D eigenvalue weighted by atomic mass is 35.5. The van der Waals surface area contributed by atoms with Gasteiger partial charge in [0.2, 0.25) is 5.91 Å². The van der Waals surface area contributed by atoms with Crippen molar-refractivity contribution in [3.05, 3.63) is 64.2 Å². The molecule has 0 aliphatic carbocycles. The summed E-state index contributed by atoms with van der Waals surface area (Å²) in [4.78, 5) is 34.2. The normalized spacial score (nSPS) is 11.5. The monoisotopic (exact) mass is 432 g/mol. The van der Waals surface area contributed by atoms with E-state index in [0.717, 1.165) is 5.56 Å². The van der Waals surface area contributed by atoms with E-state index in [1.807, 2.05) is 37.3 Å². The standard InChI is InChI=1S/C21H24N4O4.ClH/c1-4-25(21(27)19(22)13-8-6-5-7-9-13)12-18-23-15-11-17(29-3)16(28-2)10-14(15)20(26)24-18;/h5-11,19H,4,12,22H2,1-3H3,(H,23,24,26);1H. The average molecular weight is 433 g/mol. The first kappa shape index (κ1) is 23.2. The van der Waals surface area contributed by atoms with E-state index < -0.39 is 6.04 Å². The zero-order chi connectivity index (χ0) is 21.0. The number of ether oxygens (including phenoxy) is 2. The SMILES string of the molecule is CCN(Cc1nc2cc(OC)c(OC)cc2c(=O)[nH]1)C(=O)C(N)c1ccccc1.Cl. The van der Waals surface area contributed by atoms with Gasteiger partial charge in [-0.05, 0) is 18.6 Å². The first-order valence-corrected chi connectivity index (χ1v) is 9.22. The number of nitrogens with one attached hydrogen (secondary N) is 1. The Morgan fingerprint density at radius 2 is 1.80 bits per heavy atom. The van der Waals surface area contributed by atoms with Crippen LogP contribution in [0.25, 0.3) is 10.9 Å². The number of aromatic nitrogens is 2. The van der Waals surface area contributed by atoms with Crippen molar-refractivity contribution in [1.29, 1.82) is 0 Å². The number of amides is 1. The van der Waals surface area contributed by atoms with Crippen molar-refractivity contribution in [2.75, 3.05) is 20.8 Å². The molecule has 160 valence electrons. The Bertz CT molecular complexity index is 1070. The Hall–Kier alpha value is -3.10. The minimum Gasteiger partial charge on any atom is -0.493 e. The predicted octanol–water partition coefficient (Wildman–Crippen LogP) is 2.41. The molecule has 1 atom stereocenters. The van der Waals surface area contributed by atoms with Crippen LogP contribution in [-0.4, -0.2) is 41.5 Å². The quantitative estimate of drug-likeness (QED) is 0.593. The molecule has 0 saturated carbocycles. The highest BCUT2D eigenvalue weighted by Crippen LogP contribution is 2.30. The molecule has 3 rings (SSSR count). The van der Waals surface area contributed by atoms with Crippen LogP contribution in [0.5, 0.6) is 11.5 Å². The van der Waals surface area contributed by atoms with Gasteiger partial charge in [0.1, 0.15) is 11.9 Å². The van der Waals surface area contributed by atoms with E-state index in [1.54, 1.807) is 17.0 Å². The number of hydrogen-bond acceptors (Lipinski definition) is 6. The molecule has 2 aromatic carbocycles. The van der Waals surface area contributed by atoms with Gasteiger partial charge >= 0.3 is 0 Å². The van der Waals surface area contributed by atoms with Gasteiger partial charge < -0.3 is 25.1 Å². The first-order chi connectivity index (χ1) is 14.0. The molecule has 9 heteroatoms. The van der Waals surface area contributed by atoms with Crippen LogP contribution in [0.1, 0.15) is 24.4 Å². The van der Waals surface area contributed by atoms with Gasteiger partial charge in [0.15, 0.2) is 11.5 Å².